The van der Waals surface area contributed by atoms with Crippen molar-refractivity contribution in [2.45, 2.75) is 25.7 Å². The number of nitrogens with zero attached hydrogens (tertiary/aromatic N) is 1. The van der Waals surface area contributed by atoms with Crippen molar-refractivity contribution in [3.8, 4) is 0 Å². The molecule has 25 heavy (non-hydrogen) atoms. The normalized spacial score (nSPS) is 14.5. The maximum absolute atomic E-state index is 12.3. The third kappa shape index (κ3) is 4.83. The molecule has 0 unspecified atom stereocenters. The summed E-state index contributed by atoms with van der Waals surface area (Å²) in [5, 5.41) is 5.97. The number of hydrogen-bond acceptors (Lipinski definition) is 3. The number of rotatable bonds is 3. The minimum Gasteiger partial charge on any atom is -0.356 e. The lowest BCUT2D eigenvalue weighted by Gasteiger charge is -2.19. The molecule has 2 amide bonds. The van der Waals surface area contributed by atoms with Gasteiger partial charge in [-0.2, -0.15) is 0 Å². The second-order valence-electron chi connectivity index (χ2n) is 6.23. The first-order valence-electron chi connectivity index (χ1n) is 8.75. The van der Waals surface area contributed by atoms with Gasteiger partial charge in [-0.1, -0.05) is 31.0 Å². The molecule has 0 radical (unpaired) electrons. The molecule has 2 aromatic rings. The summed E-state index contributed by atoms with van der Waals surface area (Å²) in [5.74, 6) is -1.00. The average molecular weight is 337 g/mol. The molecule has 0 spiro atoms. The number of likely N-dealkylation sites (tertiary alicyclic amines) is 1. The van der Waals surface area contributed by atoms with Crippen LogP contribution >= 0.6 is 0 Å². The third-order valence-corrected chi connectivity index (χ3v) is 4.29. The summed E-state index contributed by atoms with van der Waals surface area (Å²) in [6, 6.07) is 17.2. The van der Waals surface area contributed by atoms with Gasteiger partial charge in [-0.3, -0.25) is 9.59 Å². The molecule has 1 heterocycles. The summed E-state index contributed by atoms with van der Waals surface area (Å²) in [6.45, 7) is 1.35. The molecular formula is C20H23N3O2. The molecule has 0 atom stereocenters. The van der Waals surface area contributed by atoms with Gasteiger partial charge in [0.2, 0.25) is 0 Å². The molecule has 1 fully saturated rings. The van der Waals surface area contributed by atoms with Gasteiger partial charge in [-0.15, -0.1) is 0 Å². The largest absolute Gasteiger partial charge is 0.356 e. The lowest BCUT2D eigenvalue weighted by atomic mass is 10.2. The number of nitrogens with one attached hydrogen (secondary N) is 2. The fourth-order valence-corrected chi connectivity index (χ4v) is 2.93. The fourth-order valence-electron chi connectivity index (χ4n) is 2.93. The van der Waals surface area contributed by atoms with Crippen molar-refractivity contribution in [1.82, 2.24) is 4.90 Å². The molecule has 0 saturated carbocycles. The molecule has 130 valence electrons. The zero-order chi connectivity index (χ0) is 17.5. The highest BCUT2D eigenvalue weighted by molar-refractivity contribution is 6.39. The molecule has 5 heteroatoms. The van der Waals surface area contributed by atoms with E-state index in [0.717, 1.165) is 37.1 Å². The van der Waals surface area contributed by atoms with Gasteiger partial charge in [-0.05, 0) is 49.2 Å². The van der Waals surface area contributed by atoms with Gasteiger partial charge < -0.3 is 15.5 Å². The Morgan fingerprint density at radius 3 is 1.92 bits per heavy atom. The van der Waals surface area contributed by atoms with Gasteiger partial charge in [0.25, 0.3) is 0 Å². The number of carbonyl (C=O) groups is 2. The van der Waals surface area contributed by atoms with Crippen molar-refractivity contribution < 1.29 is 9.59 Å². The van der Waals surface area contributed by atoms with Crippen LogP contribution in [-0.2, 0) is 9.59 Å². The van der Waals surface area contributed by atoms with Crippen LogP contribution < -0.4 is 10.6 Å². The van der Waals surface area contributed by atoms with Gasteiger partial charge in [0.15, 0.2) is 0 Å². The van der Waals surface area contributed by atoms with Gasteiger partial charge in [0.1, 0.15) is 0 Å². The fraction of sp³-hybridized carbons (Fsp3) is 0.300. The van der Waals surface area contributed by atoms with Crippen molar-refractivity contribution in [3.05, 3.63) is 54.6 Å². The zero-order valence-corrected chi connectivity index (χ0v) is 14.2. The number of hydrogen-bond donors (Lipinski definition) is 2. The molecule has 3 rings (SSSR count). The molecule has 1 aliphatic rings. The van der Waals surface area contributed by atoms with E-state index in [1.807, 2.05) is 42.5 Å². The van der Waals surface area contributed by atoms with E-state index >= 15 is 0 Å². The average Bonchev–Trinajstić information content (AvgIpc) is 2.93. The van der Waals surface area contributed by atoms with Gasteiger partial charge in [-0.25, -0.2) is 0 Å². The van der Waals surface area contributed by atoms with Crippen LogP contribution in [0.25, 0.3) is 0 Å². The molecule has 2 aromatic carbocycles. The first kappa shape index (κ1) is 17.0. The summed E-state index contributed by atoms with van der Waals surface area (Å²) in [4.78, 5) is 26.1. The quantitative estimate of drug-likeness (QED) is 0.838. The van der Waals surface area contributed by atoms with Crippen LogP contribution in [0.15, 0.2) is 54.6 Å². The number of benzene rings is 2. The second-order valence-corrected chi connectivity index (χ2v) is 6.23. The summed E-state index contributed by atoms with van der Waals surface area (Å²) in [5.41, 5.74) is 2.53. The van der Waals surface area contributed by atoms with E-state index in [9.17, 15) is 9.59 Å². The van der Waals surface area contributed by atoms with E-state index in [0.29, 0.717) is 18.8 Å². The summed E-state index contributed by atoms with van der Waals surface area (Å²) >= 11 is 0. The molecular weight excluding hydrogens is 314 g/mol. The lowest BCUT2D eigenvalue weighted by Crippen LogP contribution is -2.40. The molecule has 2 N–H and O–H groups in total. The predicted octanol–water partition coefficient (Wildman–Crippen LogP) is 3.77. The van der Waals surface area contributed by atoms with Crippen LogP contribution in [0.3, 0.4) is 0 Å². The van der Waals surface area contributed by atoms with E-state index in [1.54, 1.807) is 17.0 Å². The first-order valence-corrected chi connectivity index (χ1v) is 8.75. The summed E-state index contributed by atoms with van der Waals surface area (Å²) in [7, 11) is 0. The number of amides is 2. The predicted molar refractivity (Wildman–Crippen MR) is 99.8 cm³/mol. The van der Waals surface area contributed by atoms with Gasteiger partial charge >= 0.3 is 11.8 Å². The van der Waals surface area contributed by atoms with Crippen molar-refractivity contribution in [2.75, 3.05) is 23.7 Å². The van der Waals surface area contributed by atoms with E-state index in [2.05, 4.69) is 10.6 Å². The highest BCUT2D eigenvalue weighted by Gasteiger charge is 2.22. The summed E-state index contributed by atoms with van der Waals surface area (Å²) < 4.78 is 0. The Morgan fingerprint density at radius 2 is 1.28 bits per heavy atom. The van der Waals surface area contributed by atoms with E-state index < -0.39 is 11.8 Å². The molecule has 0 aliphatic carbocycles. The topological polar surface area (TPSA) is 61.4 Å². The van der Waals surface area contributed by atoms with Gasteiger partial charge in [0, 0.05) is 30.2 Å². The zero-order valence-electron chi connectivity index (χ0n) is 14.2. The Hall–Kier alpha value is -2.82. The standard InChI is InChI=1S/C20H23N3O2/c24-19(20(25)23-14-6-1-2-7-15-23)22-18-12-10-17(11-13-18)21-16-8-4-3-5-9-16/h3-5,8-13,21H,1-2,6-7,14-15H2,(H,22,24). The Balaban J connectivity index is 1.57. The molecule has 0 bridgehead atoms. The molecule has 0 aromatic heterocycles. The lowest BCUT2D eigenvalue weighted by molar-refractivity contribution is -0.143. The number of carbonyl (C=O) groups excluding carboxylic acids is 2. The number of anilines is 3. The van der Waals surface area contributed by atoms with Crippen LogP contribution in [0.4, 0.5) is 17.1 Å². The Kier molecular flexibility index (Phi) is 5.67. The van der Waals surface area contributed by atoms with Crippen LogP contribution in [-0.4, -0.2) is 29.8 Å². The minimum atomic E-state index is -0.564. The monoisotopic (exact) mass is 337 g/mol. The van der Waals surface area contributed by atoms with Crippen LogP contribution in [0.5, 0.6) is 0 Å². The van der Waals surface area contributed by atoms with Crippen LogP contribution in [0, 0.1) is 0 Å². The Labute approximate surface area is 148 Å². The smallest absolute Gasteiger partial charge is 0.313 e. The second kappa shape index (κ2) is 8.33. The van der Waals surface area contributed by atoms with Crippen molar-refractivity contribution >= 4 is 28.9 Å². The third-order valence-electron chi connectivity index (χ3n) is 4.29. The summed E-state index contributed by atoms with van der Waals surface area (Å²) in [6.07, 6.45) is 4.19. The first-order chi connectivity index (χ1) is 12.2. The highest BCUT2D eigenvalue weighted by atomic mass is 16.2. The van der Waals surface area contributed by atoms with Crippen molar-refractivity contribution in [3.63, 3.8) is 0 Å². The highest BCUT2D eigenvalue weighted by Crippen LogP contribution is 2.19. The van der Waals surface area contributed by atoms with E-state index in [4.69, 9.17) is 0 Å². The molecule has 1 aliphatic heterocycles. The Bertz CT molecular complexity index is 705. The van der Waals surface area contributed by atoms with Crippen LogP contribution in [0.2, 0.25) is 0 Å². The van der Waals surface area contributed by atoms with E-state index in [1.165, 1.54) is 0 Å². The van der Waals surface area contributed by atoms with Crippen LogP contribution in [0.1, 0.15) is 25.7 Å². The maximum Gasteiger partial charge on any atom is 0.313 e. The van der Waals surface area contributed by atoms with Crippen molar-refractivity contribution in [2.24, 2.45) is 0 Å². The maximum atomic E-state index is 12.3. The van der Waals surface area contributed by atoms with Crippen molar-refractivity contribution in [1.29, 1.82) is 0 Å². The minimum absolute atomic E-state index is 0.437. The Morgan fingerprint density at radius 1 is 0.720 bits per heavy atom. The molecule has 5 nitrogen and oxygen atoms in total. The SMILES string of the molecule is O=C(Nc1ccc(Nc2ccccc2)cc1)C(=O)N1CCCCCC1. The molecule has 1 saturated heterocycles. The van der Waals surface area contributed by atoms with Gasteiger partial charge in [0.05, 0.1) is 0 Å². The number of para-hydroxylation sites is 1. The van der Waals surface area contributed by atoms with E-state index in [-0.39, 0.29) is 0 Å².